The number of rotatable bonds is 4. The van der Waals surface area contributed by atoms with Gasteiger partial charge in [-0.2, -0.15) is 0 Å². The van der Waals surface area contributed by atoms with Crippen LogP contribution in [0.5, 0.6) is 5.75 Å². The Hall–Kier alpha value is -2.82. The summed E-state index contributed by atoms with van der Waals surface area (Å²) in [4.78, 5) is 16.3. The first-order chi connectivity index (χ1) is 11.1. The Balaban J connectivity index is 1.98. The molecule has 118 valence electrons. The smallest absolute Gasteiger partial charge is 0.253 e. The molecule has 2 heterocycles. The fourth-order valence-electron chi connectivity index (χ4n) is 2.66. The van der Waals surface area contributed by atoms with Gasteiger partial charge in [-0.3, -0.25) is 4.79 Å². The molecule has 3 rings (SSSR count). The van der Waals surface area contributed by atoms with Gasteiger partial charge in [-0.25, -0.2) is 4.98 Å². The highest BCUT2D eigenvalue weighted by molar-refractivity contribution is 5.55. The van der Waals surface area contributed by atoms with Crippen LogP contribution >= 0.6 is 0 Å². The number of aromatic nitrogens is 3. The van der Waals surface area contributed by atoms with Crippen LogP contribution in [0.2, 0.25) is 0 Å². The summed E-state index contributed by atoms with van der Waals surface area (Å²) in [5, 5.41) is 0. The van der Waals surface area contributed by atoms with Gasteiger partial charge in [0.15, 0.2) is 0 Å². The molecule has 2 aromatic heterocycles. The van der Waals surface area contributed by atoms with E-state index >= 15 is 0 Å². The van der Waals surface area contributed by atoms with Crippen LogP contribution in [-0.4, -0.2) is 21.2 Å². The average molecular weight is 309 g/mol. The number of hydrogen-bond acceptors (Lipinski definition) is 3. The third-order valence-electron chi connectivity index (χ3n) is 3.82. The van der Waals surface area contributed by atoms with Gasteiger partial charge in [0.25, 0.3) is 5.56 Å². The molecule has 0 N–H and O–H groups in total. The Morgan fingerprint density at radius 3 is 2.83 bits per heavy atom. The second-order valence-electron chi connectivity index (χ2n) is 5.56. The summed E-state index contributed by atoms with van der Waals surface area (Å²) in [5.74, 6) is 1.67. The number of methoxy groups -OCH3 is 1. The highest BCUT2D eigenvalue weighted by atomic mass is 16.5. The lowest BCUT2D eigenvalue weighted by Crippen LogP contribution is -2.18. The lowest BCUT2D eigenvalue weighted by Gasteiger charge is -2.11. The second-order valence-corrected chi connectivity index (χ2v) is 5.56. The Labute approximate surface area is 134 Å². The van der Waals surface area contributed by atoms with Crippen molar-refractivity contribution in [2.45, 2.75) is 13.5 Å². The second kappa shape index (κ2) is 6.12. The maximum Gasteiger partial charge on any atom is 0.253 e. The van der Waals surface area contributed by atoms with Crippen LogP contribution in [0.3, 0.4) is 0 Å². The molecule has 3 aromatic rings. The fraction of sp³-hybridized carbons (Fsp3) is 0.222. The van der Waals surface area contributed by atoms with E-state index in [-0.39, 0.29) is 5.56 Å². The highest BCUT2D eigenvalue weighted by Crippen LogP contribution is 2.20. The van der Waals surface area contributed by atoms with E-state index in [0.717, 1.165) is 22.7 Å². The summed E-state index contributed by atoms with van der Waals surface area (Å²) in [5.41, 5.74) is 2.78. The van der Waals surface area contributed by atoms with Crippen LogP contribution in [0.1, 0.15) is 11.1 Å². The molecule has 0 aliphatic rings. The minimum atomic E-state index is 0.0136. The average Bonchev–Trinajstić information content (AvgIpc) is 3.00. The van der Waals surface area contributed by atoms with Gasteiger partial charge in [0.2, 0.25) is 0 Å². The molecule has 5 heteroatoms. The van der Waals surface area contributed by atoms with Gasteiger partial charge in [0.05, 0.1) is 7.11 Å². The molecule has 1 aromatic carbocycles. The molecule has 5 nitrogen and oxygen atoms in total. The Kier molecular flexibility index (Phi) is 4.02. The third kappa shape index (κ3) is 3.04. The zero-order valence-electron chi connectivity index (χ0n) is 13.5. The van der Waals surface area contributed by atoms with E-state index in [0.29, 0.717) is 12.1 Å². The zero-order valence-corrected chi connectivity index (χ0v) is 13.5. The third-order valence-corrected chi connectivity index (χ3v) is 3.82. The van der Waals surface area contributed by atoms with E-state index in [1.54, 1.807) is 24.9 Å². The quantitative estimate of drug-likeness (QED) is 0.744. The molecular formula is C18H19N3O2. The van der Waals surface area contributed by atoms with Crippen LogP contribution in [0.4, 0.5) is 0 Å². The first-order valence-corrected chi connectivity index (χ1v) is 7.40. The predicted octanol–water partition coefficient (Wildman–Crippen LogP) is 2.61. The summed E-state index contributed by atoms with van der Waals surface area (Å²) in [6.45, 7) is 2.51. The highest BCUT2D eigenvalue weighted by Gasteiger charge is 2.09. The van der Waals surface area contributed by atoms with Crippen molar-refractivity contribution < 1.29 is 4.74 Å². The number of benzene rings is 1. The van der Waals surface area contributed by atoms with E-state index in [1.807, 2.05) is 43.6 Å². The van der Waals surface area contributed by atoms with Gasteiger partial charge in [-0.15, -0.1) is 0 Å². The summed E-state index contributed by atoms with van der Waals surface area (Å²) >= 11 is 0. The van der Waals surface area contributed by atoms with Crippen molar-refractivity contribution >= 4 is 0 Å². The number of ether oxygens (including phenoxy) is 1. The fourth-order valence-corrected chi connectivity index (χ4v) is 2.66. The predicted molar refractivity (Wildman–Crippen MR) is 89.7 cm³/mol. The summed E-state index contributed by atoms with van der Waals surface area (Å²) < 4.78 is 8.93. The first kappa shape index (κ1) is 15.1. The van der Waals surface area contributed by atoms with Crippen LogP contribution < -0.4 is 10.3 Å². The van der Waals surface area contributed by atoms with Crippen molar-refractivity contribution in [3.8, 4) is 17.1 Å². The number of nitrogens with zero attached hydrogens (tertiary/aromatic N) is 3. The standard InChI is InChI=1S/C18H19N3O2/c1-13-9-15(12-20(2)18(13)22)17-19-7-8-21(17)11-14-5-4-6-16(10-14)23-3/h4-10,12H,11H2,1-3H3. The molecule has 23 heavy (non-hydrogen) atoms. The van der Waals surface area contributed by atoms with E-state index in [2.05, 4.69) is 15.6 Å². The molecule has 0 saturated carbocycles. The van der Waals surface area contributed by atoms with Crippen LogP contribution in [0, 0.1) is 6.92 Å². The summed E-state index contributed by atoms with van der Waals surface area (Å²) in [6, 6.07) is 9.84. The van der Waals surface area contributed by atoms with Gasteiger partial charge >= 0.3 is 0 Å². The van der Waals surface area contributed by atoms with Crippen LogP contribution in [0.25, 0.3) is 11.4 Å². The minimum Gasteiger partial charge on any atom is -0.497 e. The Morgan fingerprint density at radius 1 is 1.26 bits per heavy atom. The molecule has 0 atom stereocenters. The molecule has 0 aliphatic heterocycles. The van der Waals surface area contributed by atoms with E-state index < -0.39 is 0 Å². The van der Waals surface area contributed by atoms with Gasteiger partial charge in [0, 0.05) is 43.3 Å². The maximum atomic E-state index is 11.9. The summed E-state index contributed by atoms with van der Waals surface area (Å²) in [6.07, 6.45) is 5.53. The molecule has 0 saturated heterocycles. The molecule has 0 fully saturated rings. The SMILES string of the molecule is COc1cccc(Cn2ccnc2-c2cc(C)c(=O)n(C)c2)c1. The lowest BCUT2D eigenvalue weighted by atomic mass is 10.2. The Morgan fingerprint density at radius 2 is 2.09 bits per heavy atom. The van der Waals surface area contributed by atoms with E-state index in [1.165, 1.54) is 0 Å². The number of imidazole rings is 1. The van der Waals surface area contributed by atoms with Gasteiger partial charge < -0.3 is 13.9 Å². The zero-order chi connectivity index (χ0) is 16.4. The normalized spacial score (nSPS) is 10.7. The molecule has 0 amide bonds. The van der Waals surface area contributed by atoms with Crippen LogP contribution in [0.15, 0.2) is 53.7 Å². The van der Waals surface area contributed by atoms with Crippen molar-refractivity contribution in [2.75, 3.05) is 7.11 Å². The Bertz CT molecular complexity index is 867. The topological polar surface area (TPSA) is 49.1 Å². The summed E-state index contributed by atoms with van der Waals surface area (Å²) in [7, 11) is 3.42. The van der Waals surface area contributed by atoms with E-state index in [4.69, 9.17) is 4.74 Å². The van der Waals surface area contributed by atoms with Gasteiger partial charge in [-0.1, -0.05) is 12.1 Å². The molecule has 0 aliphatic carbocycles. The lowest BCUT2D eigenvalue weighted by molar-refractivity contribution is 0.414. The molecule has 0 bridgehead atoms. The minimum absolute atomic E-state index is 0.0136. The van der Waals surface area contributed by atoms with Gasteiger partial charge in [-0.05, 0) is 30.7 Å². The van der Waals surface area contributed by atoms with Crippen molar-refractivity contribution in [1.82, 2.24) is 14.1 Å². The van der Waals surface area contributed by atoms with Gasteiger partial charge in [0.1, 0.15) is 11.6 Å². The van der Waals surface area contributed by atoms with Crippen molar-refractivity contribution in [2.24, 2.45) is 7.05 Å². The molecular weight excluding hydrogens is 290 g/mol. The first-order valence-electron chi connectivity index (χ1n) is 7.40. The van der Waals surface area contributed by atoms with Crippen molar-refractivity contribution in [3.05, 3.63) is 70.4 Å². The number of aryl methyl sites for hydroxylation is 2. The largest absolute Gasteiger partial charge is 0.497 e. The molecule has 0 unspecified atom stereocenters. The van der Waals surface area contributed by atoms with Crippen molar-refractivity contribution in [3.63, 3.8) is 0 Å². The molecule has 0 spiro atoms. The van der Waals surface area contributed by atoms with Crippen LogP contribution in [-0.2, 0) is 13.6 Å². The van der Waals surface area contributed by atoms with Crippen molar-refractivity contribution in [1.29, 1.82) is 0 Å². The number of hydrogen-bond donors (Lipinski definition) is 0. The number of pyridine rings is 1. The molecule has 0 radical (unpaired) electrons. The maximum absolute atomic E-state index is 11.9. The van der Waals surface area contributed by atoms with E-state index in [9.17, 15) is 4.79 Å². The monoisotopic (exact) mass is 309 g/mol.